The summed E-state index contributed by atoms with van der Waals surface area (Å²) in [6, 6.07) is 5.23. The average molecular weight is 284 g/mol. The van der Waals surface area contributed by atoms with Gasteiger partial charge in [0.15, 0.2) is 0 Å². The largest absolute Gasteiger partial charge is 0.352 e. The molecule has 1 rings (SSSR count). The van der Waals surface area contributed by atoms with Gasteiger partial charge >= 0.3 is 0 Å². The van der Waals surface area contributed by atoms with Crippen LogP contribution in [-0.2, 0) is 4.79 Å². The lowest BCUT2D eigenvalue weighted by Crippen LogP contribution is -2.21. The molecular weight excluding hydrogens is 269 g/mol. The summed E-state index contributed by atoms with van der Waals surface area (Å²) in [6.07, 6.45) is 7.82. The van der Waals surface area contributed by atoms with E-state index in [1.807, 2.05) is 19.1 Å². The van der Waals surface area contributed by atoms with E-state index in [2.05, 4.69) is 5.32 Å². The highest BCUT2D eigenvalue weighted by Crippen LogP contribution is 2.25. The van der Waals surface area contributed by atoms with Gasteiger partial charge in [0.1, 0.15) is 0 Å². The smallest absolute Gasteiger partial charge is 0.244 e. The Bertz CT molecular complexity index is 447. The van der Waals surface area contributed by atoms with Crippen molar-refractivity contribution in [2.24, 2.45) is 0 Å². The molecule has 1 amide bonds. The van der Waals surface area contributed by atoms with E-state index in [-0.39, 0.29) is 5.91 Å². The summed E-state index contributed by atoms with van der Waals surface area (Å²) in [5.41, 5.74) is 0.657. The number of amides is 1. The maximum atomic E-state index is 11.5. The van der Waals surface area contributed by atoms with Crippen LogP contribution in [0.15, 0.2) is 36.4 Å². The zero-order chi connectivity index (χ0) is 13.4. The molecule has 1 aromatic carbocycles. The highest BCUT2D eigenvalue weighted by molar-refractivity contribution is 6.37. The van der Waals surface area contributed by atoms with Crippen molar-refractivity contribution in [3.05, 3.63) is 52.0 Å². The van der Waals surface area contributed by atoms with Gasteiger partial charge in [0.05, 0.1) is 0 Å². The highest BCUT2D eigenvalue weighted by Gasteiger charge is 2.02. The molecule has 96 valence electrons. The van der Waals surface area contributed by atoms with Gasteiger partial charge in [0.2, 0.25) is 5.91 Å². The van der Waals surface area contributed by atoms with Crippen LogP contribution >= 0.6 is 23.2 Å². The standard InChI is InChI=1S/C14H15Cl2NO/c1-2-3-4-10-17-14(18)9-8-11-12(15)6-5-7-13(11)16/h2-3,5-9H,4,10H2,1H3,(H,17,18)/b3-2+,9-8+. The summed E-state index contributed by atoms with van der Waals surface area (Å²) < 4.78 is 0. The second kappa shape index (κ2) is 7.96. The van der Waals surface area contributed by atoms with Gasteiger partial charge in [-0.2, -0.15) is 0 Å². The number of hydrogen-bond acceptors (Lipinski definition) is 1. The van der Waals surface area contributed by atoms with Gasteiger partial charge in [0.25, 0.3) is 0 Å². The van der Waals surface area contributed by atoms with Crippen LogP contribution < -0.4 is 5.32 Å². The van der Waals surface area contributed by atoms with Crippen LogP contribution in [0.1, 0.15) is 18.9 Å². The van der Waals surface area contributed by atoms with Gasteiger partial charge in [-0.15, -0.1) is 0 Å². The van der Waals surface area contributed by atoms with Crippen molar-refractivity contribution in [1.82, 2.24) is 5.32 Å². The molecule has 0 unspecified atom stereocenters. The zero-order valence-electron chi connectivity index (χ0n) is 10.1. The van der Waals surface area contributed by atoms with E-state index in [0.29, 0.717) is 22.2 Å². The Morgan fingerprint density at radius 1 is 1.33 bits per heavy atom. The molecule has 0 aromatic heterocycles. The van der Waals surface area contributed by atoms with E-state index < -0.39 is 0 Å². The molecule has 0 fully saturated rings. The Morgan fingerprint density at radius 2 is 2.00 bits per heavy atom. The van der Waals surface area contributed by atoms with E-state index >= 15 is 0 Å². The van der Waals surface area contributed by atoms with Crippen LogP contribution in [0.5, 0.6) is 0 Å². The number of nitrogens with one attached hydrogen (secondary N) is 1. The van der Waals surface area contributed by atoms with Crippen LogP contribution in [0, 0.1) is 0 Å². The Hall–Kier alpha value is -1.25. The molecule has 0 atom stereocenters. The van der Waals surface area contributed by atoms with Crippen LogP contribution in [0.4, 0.5) is 0 Å². The van der Waals surface area contributed by atoms with E-state index in [1.54, 1.807) is 24.3 Å². The van der Waals surface area contributed by atoms with Crippen molar-refractivity contribution in [3.8, 4) is 0 Å². The minimum atomic E-state index is -0.157. The maximum Gasteiger partial charge on any atom is 0.244 e. The van der Waals surface area contributed by atoms with E-state index in [1.165, 1.54) is 6.08 Å². The van der Waals surface area contributed by atoms with Crippen molar-refractivity contribution < 1.29 is 4.79 Å². The van der Waals surface area contributed by atoms with Crippen molar-refractivity contribution in [1.29, 1.82) is 0 Å². The molecule has 0 saturated carbocycles. The molecular formula is C14H15Cl2NO. The molecule has 4 heteroatoms. The second-order valence-corrected chi connectivity index (χ2v) is 4.43. The van der Waals surface area contributed by atoms with Crippen molar-refractivity contribution in [3.63, 3.8) is 0 Å². The molecule has 18 heavy (non-hydrogen) atoms. The monoisotopic (exact) mass is 283 g/mol. The summed E-state index contributed by atoms with van der Waals surface area (Å²) in [7, 11) is 0. The Balaban J connectivity index is 2.56. The van der Waals surface area contributed by atoms with Gasteiger partial charge in [-0.3, -0.25) is 4.79 Å². The number of carbonyl (C=O) groups is 1. The van der Waals surface area contributed by atoms with Crippen molar-refractivity contribution in [2.75, 3.05) is 6.54 Å². The quantitative estimate of drug-likeness (QED) is 0.492. The topological polar surface area (TPSA) is 29.1 Å². The van der Waals surface area contributed by atoms with Gasteiger partial charge in [-0.05, 0) is 31.6 Å². The first-order chi connectivity index (χ1) is 8.65. The van der Waals surface area contributed by atoms with Gasteiger partial charge in [-0.1, -0.05) is 41.4 Å². The Kier molecular flexibility index (Phi) is 6.55. The molecule has 1 N–H and O–H groups in total. The number of rotatable bonds is 5. The molecule has 0 spiro atoms. The number of carbonyl (C=O) groups excluding carboxylic acids is 1. The van der Waals surface area contributed by atoms with E-state index in [0.717, 1.165) is 6.42 Å². The lowest BCUT2D eigenvalue weighted by atomic mass is 10.2. The highest BCUT2D eigenvalue weighted by atomic mass is 35.5. The van der Waals surface area contributed by atoms with Crippen LogP contribution in [0.25, 0.3) is 6.08 Å². The minimum absolute atomic E-state index is 0.157. The first-order valence-corrected chi connectivity index (χ1v) is 6.42. The van der Waals surface area contributed by atoms with Gasteiger partial charge in [-0.25, -0.2) is 0 Å². The molecule has 0 saturated heterocycles. The minimum Gasteiger partial charge on any atom is -0.352 e. The number of allylic oxidation sites excluding steroid dienone is 1. The summed E-state index contributed by atoms with van der Waals surface area (Å²) in [6.45, 7) is 2.56. The third-order valence-electron chi connectivity index (χ3n) is 2.25. The maximum absolute atomic E-state index is 11.5. The van der Waals surface area contributed by atoms with Crippen LogP contribution in [0.2, 0.25) is 10.0 Å². The summed E-state index contributed by atoms with van der Waals surface area (Å²) in [5.74, 6) is -0.157. The normalized spacial score (nSPS) is 11.3. The molecule has 0 bridgehead atoms. The second-order valence-electron chi connectivity index (χ2n) is 3.62. The SMILES string of the molecule is C/C=C/CCNC(=O)/C=C/c1c(Cl)cccc1Cl. The first kappa shape index (κ1) is 14.8. The molecule has 0 aliphatic heterocycles. The summed E-state index contributed by atoms with van der Waals surface area (Å²) >= 11 is 12.0. The molecule has 0 radical (unpaired) electrons. The summed E-state index contributed by atoms with van der Waals surface area (Å²) in [4.78, 5) is 11.5. The lowest BCUT2D eigenvalue weighted by Gasteiger charge is -2.01. The molecule has 0 aliphatic carbocycles. The van der Waals surface area contributed by atoms with Crippen LogP contribution in [-0.4, -0.2) is 12.5 Å². The fourth-order valence-corrected chi connectivity index (χ4v) is 1.86. The predicted octanol–water partition coefficient (Wildman–Crippen LogP) is 4.09. The molecule has 1 aromatic rings. The molecule has 0 aliphatic rings. The number of halogens is 2. The number of hydrogen-bond donors (Lipinski definition) is 1. The van der Waals surface area contributed by atoms with E-state index in [9.17, 15) is 4.79 Å². The van der Waals surface area contributed by atoms with Crippen LogP contribution in [0.3, 0.4) is 0 Å². The zero-order valence-corrected chi connectivity index (χ0v) is 11.6. The van der Waals surface area contributed by atoms with E-state index in [4.69, 9.17) is 23.2 Å². The molecule has 2 nitrogen and oxygen atoms in total. The first-order valence-electron chi connectivity index (χ1n) is 5.66. The summed E-state index contributed by atoms with van der Waals surface area (Å²) in [5, 5.41) is 3.82. The third kappa shape index (κ3) is 4.94. The van der Waals surface area contributed by atoms with Gasteiger partial charge in [0, 0.05) is 28.2 Å². The van der Waals surface area contributed by atoms with Gasteiger partial charge < -0.3 is 5.32 Å². The van der Waals surface area contributed by atoms with Crippen molar-refractivity contribution >= 4 is 35.2 Å². The third-order valence-corrected chi connectivity index (χ3v) is 2.91. The Labute approximate surface area is 117 Å². The fourth-order valence-electron chi connectivity index (χ4n) is 1.33. The predicted molar refractivity (Wildman–Crippen MR) is 77.9 cm³/mol. The molecule has 0 heterocycles. The lowest BCUT2D eigenvalue weighted by molar-refractivity contribution is -0.116. The Morgan fingerprint density at radius 3 is 2.61 bits per heavy atom. The van der Waals surface area contributed by atoms with Crippen molar-refractivity contribution in [2.45, 2.75) is 13.3 Å². The number of benzene rings is 1. The average Bonchev–Trinajstić information content (AvgIpc) is 2.34. The fraction of sp³-hybridized carbons (Fsp3) is 0.214.